The van der Waals surface area contributed by atoms with Gasteiger partial charge >= 0.3 is 6.18 Å². The molecule has 1 aromatic carbocycles. The second-order valence-electron chi connectivity index (χ2n) is 4.13. The van der Waals surface area contributed by atoms with E-state index in [9.17, 15) is 22.2 Å². The van der Waals surface area contributed by atoms with Gasteiger partial charge < -0.3 is 5.32 Å². The first-order valence-corrected chi connectivity index (χ1v) is 7.24. The third-order valence-electron chi connectivity index (χ3n) is 2.49. The summed E-state index contributed by atoms with van der Waals surface area (Å²) < 4.78 is 46.9. The van der Waals surface area contributed by atoms with Crippen molar-refractivity contribution in [1.29, 1.82) is 0 Å². The van der Waals surface area contributed by atoms with Gasteiger partial charge in [0.2, 0.25) is 5.91 Å². The van der Waals surface area contributed by atoms with Crippen LogP contribution in [0.4, 0.5) is 13.2 Å². The monoisotopic (exact) mass is 305 g/mol. The number of amides is 1. The maximum absolute atomic E-state index is 11.9. The number of hydrogen-bond acceptors (Lipinski definition) is 2. The normalized spacial score (nSPS) is 15.1. The molecule has 0 saturated carbocycles. The van der Waals surface area contributed by atoms with Crippen molar-refractivity contribution < 1.29 is 22.2 Å². The topological polar surface area (TPSA) is 46.2 Å². The molecule has 0 aliphatic rings. The molecule has 0 saturated heterocycles. The molecule has 20 heavy (non-hydrogen) atoms. The van der Waals surface area contributed by atoms with E-state index in [4.69, 9.17) is 0 Å². The maximum atomic E-state index is 11.9. The van der Waals surface area contributed by atoms with Crippen LogP contribution in [-0.2, 0) is 15.6 Å². The Balaban J connectivity index is 2.67. The van der Waals surface area contributed by atoms with E-state index in [0.717, 1.165) is 0 Å². The molecule has 0 aromatic heterocycles. The molecule has 1 aromatic rings. The Labute approximate surface area is 117 Å². The minimum atomic E-state index is -4.51. The molecule has 0 aliphatic heterocycles. The van der Waals surface area contributed by atoms with Crippen LogP contribution < -0.4 is 5.32 Å². The van der Waals surface area contributed by atoms with Crippen LogP contribution in [0.15, 0.2) is 41.3 Å². The fraction of sp³-hybridized carbons (Fsp3) is 0.308. The average Bonchev–Trinajstić information content (AvgIpc) is 2.35. The third kappa shape index (κ3) is 5.56. The Bertz CT molecular complexity index is 523. The Hall–Kier alpha value is -1.63. The highest BCUT2D eigenvalue weighted by Gasteiger charge is 2.22. The van der Waals surface area contributed by atoms with Crippen molar-refractivity contribution in [3.8, 4) is 0 Å². The van der Waals surface area contributed by atoms with Crippen molar-refractivity contribution in [3.63, 3.8) is 0 Å². The molecule has 0 spiro atoms. The average molecular weight is 305 g/mol. The Kier molecular flexibility index (Phi) is 5.50. The van der Waals surface area contributed by atoms with E-state index >= 15 is 0 Å². The second-order valence-corrected chi connectivity index (χ2v) is 5.51. The number of nitrogens with one attached hydrogen (secondary N) is 1. The van der Waals surface area contributed by atoms with E-state index in [1.165, 1.54) is 0 Å². The molecular formula is C13H14F3NO2S. The fourth-order valence-electron chi connectivity index (χ4n) is 1.46. The summed E-state index contributed by atoms with van der Waals surface area (Å²) >= 11 is 0. The SMILES string of the molecule is CC(NC(=O)/C=C/C(F)(F)F)c1ccc(S(C)=O)cc1. The first-order chi connectivity index (χ1) is 9.19. The van der Waals surface area contributed by atoms with Crippen molar-refractivity contribution in [2.75, 3.05) is 6.26 Å². The van der Waals surface area contributed by atoms with Crippen LogP contribution in [0.5, 0.6) is 0 Å². The van der Waals surface area contributed by atoms with Gasteiger partial charge in [0, 0.05) is 34.1 Å². The minimum absolute atomic E-state index is 0.113. The van der Waals surface area contributed by atoms with Gasteiger partial charge in [0.05, 0.1) is 6.04 Å². The first-order valence-electron chi connectivity index (χ1n) is 5.69. The molecule has 1 rings (SSSR count). The summed E-state index contributed by atoms with van der Waals surface area (Å²) in [6.07, 6.45) is -2.63. The summed E-state index contributed by atoms with van der Waals surface area (Å²) in [5, 5.41) is 2.42. The lowest BCUT2D eigenvalue weighted by molar-refractivity contribution is -0.118. The maximum Gasteiger partial charge on any atom is 0.409 e. The Morgan fingerprint density at radius 2 is 1.85 bits per heavy atom. The Morgan fingerprint density at radius 3 is 2.30 bits per heavy atom. The quantitative estimate of drug-likeness (QED) is 0.869. The summed E-state index contributed by atoms with van der Waals surface area (Å²) in [4.78, 5) is 11.9. The number of alkyl halides is 3. The molecule has 110 valence electrons. The number of benzene rings is 1. The zero-order valence-electron chi connectivity index (χ0n) is 10.9. The standard InChI is InChI=1S/C13H14F3NO2S/c1-9(17-12(18)7-8-13(14,15)16)10-3-5-11(6-4-10)20(2)19/h3-9H,1-2H3,(H,17,18)/b8-7+. The molecule has 2 unspecified atom stereocenters. The van der Waals surface area contributed by atoms with Crippen LogP contribution in [-0.4, -0.2) is 22.5 Å². The molecule has 7 heteroatoms. The van der Waals surface area contributed by atoms with Crippen LogP contribution in [0.2, 0.25) is 0 Å². The third-order valence-corrected chi connectivity index (χ3v) is 3.43. The summed E-state index contributed by atoms with van der Waals surface area (Å²) in [6.45, 7) is 1.65. The lowest BCUT2D eigenvalue weighted by Gasteiger charge is -2.13. The van der Waals surface area contributed by atoms with E-state index in [1.54, 1.807) is 37.4 Å². The van der Waals surface area contributed by atoms with Gasteiger partial charge in [0.15, 0.2) is 0 Å². The van der Waals surface area contributed by atoms with E-state index in [-0.39, 0.29) is 6.08 Å². The van der Waals surface area contributed by atoms with Crippen molar-refractivity contribution in [2.45, 2.75) is 24.0 Å². The number of hydrogen-bond donors (Lipinski definition) is 1. The number of halogens is 3. The highest BCUT2D eigenvalue weighted by molar-refractivity contribution is 7.84. The van der Waals surface area contributed by atoms with Crippen LogP contribution in [0.3, 0.4) is 0 Å². The van der Waals surface area contributed by atoms with Crippen molar-refractivity contribution in [3.05, 3.63) is 42.0 Å². The van der Waals surface area contributed by atoms with Crippen LogP contribution in [0.1, 0.15) is 18.5 Å². The number of rotatable bonds is 4. The lowest BCUT2D eigenvalue weighted by atomic mass is 10.1. The van der Waals surface area contributed by atoms with Gasteiger partial charge in [-0.3, -0.25) is 9.00 Å². The zero-order valence-corrected chi connectivity index (χ0v) is 11.7. The molecule has 0 aliphatic carbocycles. The predicted octanol–water partition coefficient (Wildman–Crippen LogP) is 2.72. The van der Waals surface area contributed by atoms with E-state index in [2.05, 4.69) is 5.32 Å². The predicted molar refractivity (Wildman–Crippen MR) is 70.5 cm³/mol. The van der Waals surface area contributed by atoms with Gasteiger partial charge in [-0.05, 0) is 24.6 Å². The Morgan fingerprint density at radius 1 is 1.30 bits per heavy atom. The number of allylic oxidation sites excluding steroid dienone is 1. The number of carbonyl (C=O) groups excluding carboxylic acids is 1. The molecule has 2 atom stereocenters. The van der Waals surface area contributed by atoms with Crippen molar-refractivity contribution in [2.24, 2.45) is 0 Å². The van der Waals surface area contributed by atoms with Gasteiger partial charge in [-0.25, -0.2) is 0 Å². The molecule has 3 nitrogen and oxygen atoms in total. The van der Waals surface area contributed by atoms with Gasteiger partial charge in [0.25, 0.3) is 0 Å². The van der Waals surface area contributed by atoms with Gasteiger partial charge in [-0.1, -0.05) is 12.1 Å². The van der Waals surface area contributed by atoms with Crippen LogP contribution >= 0.6 is 0 Å². The second kappa shape index (κ2) is 6.69. The summed E-state index contributed by atoms with van der Waals surface area (Å²) in [6, 6.07) is 6.21. The van der Waals surface area contributed by atoms with E-state index in [0.29, 0.717) is 16.5 Å². The molecule has 1 N–H and O–H groups in total. The van der Waals surface area contributed by atoms with Crippen LogP contribution in [0, 0.1) is 0 Å². The van der Waals surface area contributed by atoms with E-state index < -0.39 is 28.9 Å². The molecule has 0 fully saturated rings. The molecule has 0 bridgehead atoms. The lowest BCUT2D eigenvalue weighted by Crippen LogP contribution is -2.25. The summed E-state index contributed by atoms with van der Waals surface area (Å²) in [7, 11) is -1.10. The van der Waals surface area contributed by atoms with Gasteiger partial charge in [-0.2, -0.15) is 13.2 Å². The molecule has 0 heterocycles. The molecule has 0 radical (unpaired) electrons. The van der Waals surface area contributed by atoms with Gasteiger partial charge in [0.1, 0.15) is 0 Å². The highest BCUT2D eigenvalue weighted by Crippen LogP contribution is 2.17. The van der Waals surface area contributed by atoms with Crippen molar-refractivity contribution in [1.82, 2.24) is 5.32 Å². The molecular weight excluding hydrogens is 291 g/mol. The largest absolute Gasteiger partial charge is 0.409 e. The van der Waals surface area contributed by atoms with E-state index in [1.807, 2.05) is 0 Å². The van der Waals surface area contributed by atoms with Crippen molar-refractivity contribution >= 4 is 16.7 Å². The summed E-state index contributed by atoms with van der Waals surface area (Å²) in [5.74, 6) is -0.821. The minimum Gasteiger partial charge on any atom is -0.346 e. The summed E-state index contributed by atoms with van der Waals surface area (Å²) in [5.41, 5.74) is 0.716. The zero-order chi connectivity index (χ0) is 15.3. The fourth-order valence-corrected chi connectivity index (χ4v) is 1.98. The number of carbonyl (C=O) groups is 1. The first kappa shape index (κ1) is 16.4. The smallest absolute Gasteiger partial charge is 0.346 e. The molecule has 1 amide bonds. The van der Waals surface area contributed by atoms with Crippen LogP contribution in [0.25, 0.3) is 0 Å². The highest BCUT2D eigenvalue weighted by atomic mass is 32.2. The van der Waals surface area contributed by atoms with Gasteiger partial charge in [-0.15, -0.1) is 0 Å².